The molecule has 0 spiro atoms. The maximum Gasteiger partial charge on any atom is 0.276 e. The van der Waals surface area contributed by atoms with E-state index in [0.717, 1.165) is 5.56 Å². The van der Waals surface area contributed by atoms with E-state index >= 15 is 0 Å². The number of nitrogens with one attached hydrogen (secondary N) is 1. The Morgan fingerprint density at radius 1 is 1.03 bits per heavy atom. The highest BCUT2D eigenvalue weighted by Gasteiger charge is 2.25. The molecule has 0 fully saturated rings. The van der Waals surface area contributed by atoms with Crippen molar-refractivity contribution < 1.29 is 22.0 Å². The second-order valence-corrected chi connectivity index (χ2v) is 9.84. The van der Waals surface area contributed by atoms with Gasteiger partial charge in [0, 0.05) is 12.2 Å². The standard InChI is InChI=1S/C25H23FN4O4S/c1-2-35(32,33)25-27-15-22(23(29-25)24(31)28-20-12-10-19(26)11-13-20)30(17-21-9-6-14-34-21)16-18-7-4-3-5-8-18/h3-15H,2,16-17H2,1H3,(H,28,31). The summed E-state index contributed by atoms with van der Waals surface area (Å²) in [6.07, 6.45) is 2.88. The Kier molecular flexibility index (Phi) is 7.21. The zero-order valence-electron chi connectivity index (χ0n) is 18.9. The van der Waals surface area contributed by atoms with Crippen LogP contribution >= 0.6 is 0 Å². The second kappa shape index (κ2) is 10.5. The molecule has 0 saturated carbocycles. The van der Waals surface area contributed by atoms with Crippen molar-refractivity contribution in [3.05, 3.63) is 102 Å². The average Bonchev–Trinajstić information content (AvgIpc) is 3.38. The summed E-state index contributed by atoms with van der Waals surface area (Å²) in [5, 5.41) is 2.22. The fraction of sp³-hybridized carbons (Fsp3) is 0.160. The van der Waals surface area contributed by atoms with Crippen molar-refractivity contribution in [1.82, 2.24) is 9.97 Å². The van der Waals surface area contributed by atoms with Crippen molar-refractivity contribution in [2.24, 2.45) is 0 Å². The Morgan fingerprint density at radius 2 is 1.77 bits per heavy atom. The third-order valence-corrected chi connectivity index (χ3v) is 6.72. The van der Waals surface area contributed by atoms with Crippen LogP contribution in [-0.4, -0.2) is 30.0 Å². The molecular weight excluding hydrogens is 471 g/mol. The van der Waals surface area contributed by atoms with Crippen LogP contribution in [0.4, 0.5) is 15.8 Å². The van der Waals surface area contributed by atoms with Gasteiger partial charge in [-0.3, -0.25) is 4.79 Å². The van der Waals surface area contributed by atoms with E-state index in [-0.39, 0.29) is 18.0 Å². The first-order valence-electron chi connectivity index (χ1n) is 10.8. The Bertz CT molecular complexity index is 1390. The largest absolute Gasteiger partial charge is 0.467 e. The van der Waals surface area contributed by atoms with Crippen LogP contribution in [0.2, 0.25) is 0 Å². The van der Waals surface area contributed by atoms with Gasteiger partial charge in [0.05, 0.1) is 30.4 Å². The molecule has 1 amide bonds. The van der Waals surface area contributed by atoms with Crippen LogP contribution in [0.1, 0.15) is 28.7 Å². The summed E-state index contributed by atoms with van der Waals surface area (Å²) in [7, 11) is -3.77. The third kappa shape index (κ3) is 5.90. The SMILES string of the molecule is CCS(=O)(=O)c1ncc(N(Cc2ccccc2)Cc2ccco2)c(C(=O)Nc2ccc(F)cc2)n1. The number of hydrogen-bond acceptors (Lipinski definition) is 7. The Balaban J connectivity index is 1.78. The van der Waals surface area contributed by atoms with Gasteiger partial charge in [0.2, 0.25) is 15.0 Å². The summed E-state index contributed by atoms with van der Waals surface area (Å²) in [5.41, 5.74) is 1.48. The van der Waals surface area contributed by atoms with Crippen molar-refractivity contribution in [1.29, 1.82) is 0 Å². The Morgan fingerprint density at radius 3 is 2.43 bits per heavy atom. The number of furan rings is 1. The first-order chi connectivity index (χ1) is 16.9. The molecule has 180 valence electrons. The van der Waals surface area contributed by atoms with Gasteiger partial charge in [-0.1, -0.05) is 37.3 Å². The molecule has 4 rings (SSSR count). The molecule has 0 bridgehead atoms. The number of aromatic nitrogens is 2. The smallest absolute Gasteiger partial charge is 0.276 e. The number of anilines is 2. The molecule has 1 N–H and O–H groups in total. The van der Waals surface area contributed by atoms with Gasteiger partial charge < -0.3 is 14.6 Å². The first kappa shape index (κ1) is 24.1. The van der Waals surface area contributed by atoms with Crippen LogP contribution in [-0.2, 0) is 22.9 Å². The molecular formula is C25H23FN4O4S. The van der Waals surface area contributed by atoms with Gasteiger partial charge in [-0.15, -0.1) is 0 Å². The molecule has 10 heteroatoms. The van der Waals surface area contributed by atoms with Gasteiger partial charge in [0.1, 0.15) is 11.6 Å². The molecule has 8 nitrogen and oxygen atoms in total. The molecule has 0 saturated heterocycles. The molecule has 2 aromatic heterocycles. The number of carbonyl (C=O) groups excluding carboxylic acids is 1. The van der Waals surface area contributed by atoms with E-state index in [4.69, 9.17) is 4.42 Å². The number of halogens is 1. The number of carbonyl (C=O) groups is 1. The minimum Gasteiger partial charge on any atom is -0.467 e. The molecule has 0 aliphatic carbocycles. The van der Waals surface area contributed by atoms with Gasteiger partial charge in [-0.25, -0.2) is 22.8 Å². The highest BCUT2D eigenvalue weighted by Crippen LogP contribution is 2.25. The summed E-state index contributed by atoms with van der Waals surface area (Å²) in [6.45, 7) is 2.13. The summed E-state index contributed by atoms with van der Waals surface area (Å²) in [6, 6.07) is 18.4. The lowest BCUT2D eigenvalue weighted by Gasteiger charge is -2.25. The van der Waals surface area contributed by atoms with Crippen LogP contribution in [0.3, 0.4) is 0 Å². The van der Waals surface area contributed by atoms with Crippen LogP contribution in [0.5, 0.6) is 0 Å². The van der Waals surface area contributed by atoms with E-state index in [1.165, 1.54) is 37.4 Å². The maximum absolute atomic E-state index is 13.3. The van der Waals surface area contributed by atoms with Gasteiger partial charge >= 0.3 is 0 Å². The highest BCUT2D eigenvalue weighted by molar-refractivity contribution is 7.91. The molecule has 0 atom stereocenters. The summed E-state index contributed by atoms with van der Waals surface area (Å²) in [4.78, 5) is 23.4. The van der Waals surface area contributed by atoms with Crippen molar-refractivity contribution in [3.8, 4) is 0 Å². The monoisotopic (exact) mass is 494 g/mol. The fourth-order valence-corrected chi connectivity index (χ4v) is 4.08. The van der Waals surface area contributed by atoms with Crippen molar-refractivity contribution >= 4 is 27.1 Å². The van der Waals surface area contributed by atoms with Crippen LogP contribution in [0.15, 0.2) is 88.8 Å². The predicted molar refractivity (Wildman–Crippen MR) is 129 cm³/mol. The molecule has 2 heterocycles. The molecule has 2 aromatic carbocycles. The lowest BCUT2D eigenvalue weighted by Crippen LogP contribution is -2.27. The van der Waals surface area contributed by atoms with Gasteiger partial charge in [0.15, 0.2) is 5.69 Å². The second-order valence-electron chi connectivity index (χ2n) is 7.67. The Hall–Kier alpha value is -4.05. The van der Waals surface area contributed by atoms with Crippen molar-refractivity contribution in [2.45, 2.75) is 25.2 Å². The van der Waals surface area contributed by atoms with Gasteiger partial charge in [0.25, 0.3) is 5.91 Å². The fourth-order valence-electron chi connectivity index (χ4n) is 3.38. The van der Waals surface area contributed by atoms with E-state index in [0.29, 0.717) is 23.7 Å². The summed E-state index contributed by atoms with van der Waals surface area (Å²) in [5.74, 6) is -0.685. The van der Waals surface area contributed by atoms with Gasteiger partial charge in [-0.2, -0.15) is 0 Å². The zero-order valence-corrected chi connectivity index (χ0v) is 19.7. The average molecular weight is 495 g/mol. The van der Waals surface area contributed by atoms with E-state index in [2.05, 4.69) is 15.3 Å². The number of rotatable bonds is 9. The quantitative estimate of drug-likeness (QED) is 0.343. The number of nitrogens with zero attached hydrogens (tertiary/aromatic N) is 3. The van der Waals surface area contributed by atoms with E-state index in [9.17, 15) is 17.6 Å². The maximum atomic E-state index is 13.3. The highest BCUT2D eigenvalue weighted by atomic mass is 32.2. The molecule has 0 unspecified atom stereocenters. The topological polar surface area (TPSA) is 105 Å². The minimum absolute atomic E-state index is 0.126. The van der Waals surface area contributed by atoms with Crippen molar-refractivity contribution in [2.75, 3.05) is 16.0 Å². The number of amides is 1. The van der Waals surface area contributed by atoms with Crippen LogP contribution < -0.4 is 10.2 Å². The number of hydrogen-bond donors (Lipinski definition) is 1. The number of benzene rings is 2. The minimum atomic E-state index is -3.77. The summed E-state index contributed by atoms with van der Waals surface area (Å²) >= 11 is 0. The first-order valence-corrected chi connectivity index (χ1v) is 12.5. The molecule has 35 heavy (non-hydrogen) atoms. The van der Waals surface area contributed by atoms with Crippen LogP contribution in [0.25, 0.3) is 0 Å². The molecule has 0 radical (unpaired) electrons. The Labute approximate surface area is 202 Å². The van der Waals surface area contributed by atoms with Crippen molar-refractivity contribution in [3.63, 3.8) is 0 Å². The molecule has 0 aliphatic heterocycles. The normalized spacial score (nSPS) is 11.3. The lowest BCUT2D eigenvalue weighted by atomic mass is 10.2. The number of sulfone groups is 1. The van der Waals surface area contributed by atoms with E-state index < -0.39 is 26.7 Å². The molecule has 0 aliphatic rings. The molecule has 4 aromatic rings. The summed E-state index contributed by atoms with van der Waals surface area (Å²) < 4.78 is 43.8. The lowest BCUT2D eigenvalue weighted by molar-refractivity contribution is 0.102. The third-order valence-electron chi connectivity index (χ3n) is 5.21. The van der Waals surface area contributed by atoms with E-state index in [1.54, 1.807) is 18.4 Å². The zero-order chi connectivity index (χ0) is 24.8. The van der Waals surface area contributed by atoms with E-state index in [1.807, 2.05) is 35.2 Å². The predicted octanol–water partition coefficient (Wildman–Crippen LogP) is 4.46. The van der Waals surface area contributed by atoms with Crippen LogP contribution in [0, 0.1) is 5.82 Å². The van der Waals surface area contributed by atoms with Gasteiger partial charge in [-0.05, 0) is 42.0 Å².